The van der Waals surface area contributed by atoms with Gasteiger partial charge < -0.3 is 19.9 Å². The molecule has 0 aliphatic carbocycles. The van der Waals surface area contributed by atoms with E-state index < -0.39 is 9.84 Å². The molecular weight excluding hydrogens is 378 g/mol. The predicted octanol–water partition coefficient (Wildman–Crippen LogP) is 0.123. The summed E-state index contributed by atoms with van der Waals surface area (Å²) in [4.78, 5) is 11.2. The van der Waals surface area contributed by atoms with E-state index in [2.05, 4.69) is 31.1 Å². The molecule has 2 aliphatic rings. The second kappa shape index (κ2) is 9.47. The van der Waals surface area contributed by atoms with Crippen LogP contribution in [0.1, 0.15) is 0 Å². The number of sulfone groups is 1. The van der Waals surface area contributed by atoms with Crippen LogP contribution >= 0.6 is 0 Å². The van der Waals surface area contributed by atoms with Gasteiger partial charge in [0.15, 0.2) is 15.8 Å². The lowest BCUT2D eigenvalue weighted by Crippen LogP contribution is -2.53. The van der Waals surface area contributed by atoms with Gasteiger partial charge in [-0.15, -0.1) is 0 Å². The van der Waals surface area contributed by atoms with Crippen molar-refractivity contribution in [1.29, 1.82) is 0 Å². The van der Waals surface area contributed by atoms with Crippen molar-refractivity contribution < 1.29 is 13.2 Å². The highest BCUT2D eigenvalue weighted by Crippen LogP contribution is 2.28. The van der Waals surface area contributed by atoms with E-state index in [9.17, 15) is 8.42 Å². The fraction of sp³-hybridized carbons (Fsp3) is 0.632. The van der Waals surface area contributed by atoms with Crippen LogP contribution in [-0.4, -0.2) is 102 Å². The summed E-state index contributed by atoms with van der Waals surface area (Å²) in [7, 11) is 0.695. The highest BCUT2D eigenvalue weighted by atomic mass is 32.2. The number of rotatable bonds is 5. The van der Waals surface area contributed by atoms with E-state index in [0.29, 0.717) is 13.1 Å². The lowest BCUT2D eigenvalue weighted by atomic mass is 10.2. The standard InChI is InChI=1S/C19H31N5O3S/c1-20-19(21-7-8-22-13-15-28(25,26)16-14-22)24-11-9-23(10-12-24)17-5-3-4-6-18(17)27-2/h3-6H,7-16H2,1-2H3,(H,20,21). The summed E-state index contributed by atoms with van der Waals surface area (Å²) in [6, 6.07) is 8.12. The number of aliphatic imine (C=N–C) groups is 1. The zero-order valence-electron chi connectivity index (χ0n) is 16.8. The summed E-state index contributed by atoms with van der Waals surface area (Å²) < 4.78 is 28.5. The number of methoxy groups -OCH3 is 1. The van der Waals surface area contributed by atoms with Gasteiger partial charge in [-0.25, -0.2) is 8.42 Å². The third-order valence-electron chi connectivity index (χ3n) is 5.37. The first kappa shape index (κ1) is 20.7. The molecular formula is C19H31N5O3S. The normalized spacial score (nSPS) is 20.9. The first-order valence-electron chi connectivity index (χ1n) is 9.79. The van der Waals surface area contributed by atoms with Gasteiger partial charge in [-0.3, -0.25) is 9.89 Å². The van der Waals surface area contributed by atoms with Gasteiger partial charge in [0.2, 0.25) is 0 Å². The molecule has 1 N–H and O–H groups in total. The summed E-state index contributed by atoms with van der Waals surface area (Å²) >= 11 is 0. The zero-order chi connectivity index (χ0) is 20.0. The summed E-state index contributed by atoms with van der Waals surface area (Å²) in [5.74, 6) is 2.35. The molecule has 2 saturated heterocycles. The van der Waals surface area contributed by atoms with E-state index >= 15 is 0 Å². The van der Waals surface area contributed by atoms with Crippen LogP contribution in [0.25, 0.3) is 0 Å². The van der Waals surface area contributed by atoms with Crippen molar-refractivity contribution in [3.05, 3.63) is 24.3 Å². The summed E-state index contributed by atoms with van der Waals surface area (Å²) in [5.41, 5.74) is 1.13. The number of guanidine groups is 1. The zero-order valence-corrected chi connectivity index (χ0v) is 17.6. The molecule has 0 bridgehead atoms. The number of nitrogens with one attached hydrogen (secondary N) is 1. The number of para-hydroxylation sites is 2. The molecule has 1 aromatic rings. The van der Waals surface area contributed by atoms with E-state index in [4.69, 9.17) is 4.74 Å². The van der Waals surface area contributed by atoms with E-state index in [1.165, 1.54) is 0 Å². The van der Waals surface area contributed by atoms with Gasteiger partial charge in [-0.2, -0.15) is 0 Å². The van der Waals surface area contributed by atoms with Crippen LogP contribution in [0, 0.1) is 0 Å². The molecule has 0 atom stereocenters. The Balaban J connectivity index is 1.45. The molecule has 0 saturated carbocycles. The smallest absolute Gasteiger partial charge is 0.193 e. The Morgan fingerprint density at radius 3 is 2.43 bits per heavy atom. The SMILES string of the molecule is CN=C(NCCN1CCS(=O)(=O)CC1)N1CCN(c2ccccc2OC)CC1. The molecule has 0 spiro atoms. The van der Waals surface area contributed by atoms with Gasteiger partial charge in [-0.1, -0.05) is 12.1 Å². The van der Waals surface area contributed by atoms with E-state index in [-0.39, 0.29) is 11.5 Å². The molecule has 0 unspecified atom stereocenters. The molecule has 0 aromatic heterocycles. The Kier molecular flexibility index (Phi) is 7.01. The molecule has 9 heteroatoms. The van der Waals surface area contributed by atoms with Gasteiger partial charge in [-0.05, 0) is 12.1 Å². The second-order valence-corrected chi connectivity index (χ2v) is 9.42. The van der Waals surface area contributed by atoms with Crippen molar-refractivity contribution in [2.24, 2.45) is 4.99 Å². The van der Waals surface area contributed by atoms with Crippen molar-refractivity contribution >= 4 is 21.5 Å². The van der Waals surface area contributed by atoms with Gasteiger partial charge in [0.1, 0.15) is 5.75 Å². The molecule has 8 nitrogen and oxygen atoms in total. The predicted molar refractivity (Wildman–Crippen MR) is 113 cm³/mol. The van der Waals surface area contributed by atoms with Gasteiger partial charge in [0.05, 0.1) is 24.3 Å². The summed E-state index contributed by atoms with van der Waals surface area (Å²) in [5, 5.41) is 3.43. The number of hydrogen-bond donors (Lipinski definition) is 1. The van der Waals surface area contributed by atoms with Crippen molar-refractivity contribution in [1.82, 2.24) is 15.1 Å². The van der Waals surface area contributed by atoms with E-state index in [1.54, 1.807) is 7.11 Å². The Labute approximate surface area is 168 Å². The Bertz CT molecular complexity index is 762. The fourth-order valence-corrected chi connectivity index (χ4v) is 4.96. The number of ether oxygens (including phenoxy) is 1. The third-order valence-corrected chi connectivity index (χ3v) is 6.97. The minimum Gasteiger partial charge on any atom is -0.495 e. The molecule has 1 aromatic carbocycles. The Morgan fingerprint density at radius 2 is 1.79 bits per heavy atom. The highest BCUT2D eigenvalue weighted by molar-refractivity contribution is 7.91. The maximum absolute atomic E-state index is 11.5. The lowest BCUT2D eigenvalue weighted by Gasteiger charge is -2.38. The molecule has 2 aliphatic heterocycles. The van der Waals surface area contributed by atoms with Gasteiger partial charge >= 0.3 is 0 Å². The van der Waals surface area contributed by atoms with Crippen LogP contribution in [0.15, 0.2) is 29.3 Å². The monoisotopic (exact) mass is 409 g/mol. The number of piperazine rings is 1. The maximum Gasteiger partial charge on any atom is 0.193 e. The maximum atomic E-state index is 11.5. The average Bonchev–Trinajstić information content (AvgIpc) is 2.72. The lowest BCUT2D eigenvalue weighted by molar-refractivity contribution is 0.296. The molecule has 156 valence electrons. The van der Waals surface area contributed by atoms with Crippen LogP contribution in [0.2, 0.25) is 0 Å². The van der Waals surface area contributed by atoms with Crippen LogP contribution in [0.5, 0.6) is 5.75 Å². The third kappa shape index (κ3) is 5.29. The first-order valence-corrected chi connectivity index (χ1v) is 11.6. The second-order valence-electron chi connectivity index (χ2n) is 7.11. The molecule has 2 fully saturated rings. The van der Waals surface area contributed by atoms with Crippen LogP contribution < -0.4 is 15.0 Å². The molecule has 28 heavy (non-hydrogen) atoms. The van der Waals surface area contributed by atoms with Crippen LogP contribution in [0.3, 0.4) is 0 Å². The average molecular weight is 410 g/mol. The molecule has 3 rings (SSSR count). The van der Waals surface area contributed by atoms with Crippen molar-refractivity contribution in [2.75, 3.05) is 82.9 Å². The number of nitrogens with zero attached hydrogens (tertiary/aromatic N) is 4. The largest absolute Gasteiger partial charge is 0.495 e. The van der Waals surface area contributed by atoms with Crippen LogP contribution in [0.4, 0.5) is 5.69 Å². The summed E-state index contributed by atoms with van der Waals surface area (Å²) in [6.07, 6.45) is 0. The van der Waals surface area contributed by atoms with E-state index in [1.807, 2.05) is 25.2 Å². The van der Waals surface area contributed by atoms with Crippen LogP contribution in [-0.2, 0) is 9.84 Å². The van der Waals surface area contributed by atoms with Crippen molar-refractivity contribution in [2.45, 2.75) is 0 Å². The van der Waals surface area contributed by atoms with Crippen molar-refractivity contribution in [3.8, 4) is 5.75 Å². The minimum absolute atomic E-state index is 0.270. The fourth-order valence-electron chi connectivity index (χ4n) is 3.68. The Morgan fingerprint density at radius 1 is 1.11 bits per heavy atom. The Hall–Kier alpha value is -2.00. The quantitative estimate of drug-likeness (QED) is 0.547. The minimum atomic E-state index is -2.82. The number of hydrogen-bond acceptors (Lipinski definition) is 6. The number of benzene rings is 1. The first-order chi connectivity index (χ1) is 13.5. The summed E-state index contributed by atoms with van der Waals surface area (Å²) in [6.45, 7) is 6.44. The topological polar surface area (TPSA) is 77.5 Å². The number of anilines is 1. The van der Waals surface area contributed by atoms with Crippen molar-refractivity contribution in [3.63, 3.8) is 0 Å². The van der Waals surface area contributed by atoms with Gasteiger partial charge in [0, 0.05) is 59.4 Å². The highest BCUT2D eigenvalue weighted by Gasteiger charge is 2.23. The van der Waals surface area contributed by atoms with Gasteiger partial charge in [0.25, 0.3) is 0 Å². The van der Waals surface area contributed by atoms with E-state index in [0.717, 1.165) is 56.7 Å². The molecule has 2 heterocycles. The molecule has 0 amide bonds. The molecule has 0 radical (unpaired) electrons.